The molecule has 7 nitrogen and oxygen atoms in total. The number of nitrogens with two attached hydrogens (primary N) is 1. The van der Waals surface area contributed by atoms with Crippen LogP contribution < -0.4 is 16.4 Å². The highest BCUT2D eigenvalue weighted by Crippen LogP contribution is 2.40. The van der Waals surface area contributed by atoms with Crippen molar-refractivity contribution in [3.63, 3.8) is 0 Å². The molecule has 20 heavy (non-hydrogen) atoms. The molecule has 0 radical (unpaired) electrons. The van der Waals surface area contributed by atoms with Gasteiger partial charge in [0.1, 0.15) is 9.90 Å². The molecule has 1 aromatic rings. The van der Waals surface area contributed by atoms with Crippen molar-refractivity contribution < 1.29 is 13.2 Å². The first-order valence-electron chi connectivity index (χ1n) is 6.46. The van der Waals surface area contributed by atoms with Crippen LogP contribution in [0.4, 0.5) is 10.8 Å². The van der Waals surface area contributed by atoms with E-state index in [1.165, 1.54) is 0 Å². The normalized spacial score (nSPS) is 15.1. The minimum atomic E-state index is -3.42. The van der Waals surface area contributed by atoms with Crippen molar-refractivity contribution in [3.05, 3.63) is 0 Å². The number of nitrogen functional groups attached to an aromatic ring is 1. The third kappa shape index (κ3) is 3.21. The molecule has 1 aliphatic rings. The highest BCUT2D eigenvalue weighted by Gasteiger charge is 2.40. The Morgan fingerprint density at radius 1 is 1.50 bits per heavy atom. The van der Waals surface area contributed by atoms with Crippen molar-refractivity contribution in [2.24, 2.45) is 0 Å². The van der Waals surface area contributed by atoms with Crippen molar-refractivity contribution in [2.45, 2.75) is 36.3 Å². The molecule has 0 unspecified atom stereocenters. The van der Waals surface area contributed by atoms with Gasteiger partial charge in [-0.15, -0.1) is 0 Å². The van der Waals surface area contributed by atoms with Crippen molar-refractivity contribution in [1.82, 2.24) is 9.69 Å². The Morgan fingerprint density at radius 2 is 2.20 bits per heavy atom. The molecular formula is C11H18N4O3S2. The van der Waals surface area contributed by atoms with E-state index in [1.54, 1.807) is 0 Å². The first kappa shape index (κ1) is 15.0. The molecular weight excluding hydrogens is 300 g/mol. The molecule has 1 aromatic heterocycles. The molecule has 1 saturated carbocycles. The summed E-state index contributed by atoms with van der Waals surface area (Å²) in [5.74, 6) is -0.174. The molecule has 1 aliphatic carbocycles. The topological polar surface area (TPSA) is 114 Å². The summed E-state index contributed by atoms with van der Waals surface area (Å²) in [7, 11) is -3.42. The summed E-state index contributed by atoms with van der Waals surface area (Å²) < 4.78 is 28.4. The number of carbonyl (C=O) groups is 1. The van der Waals surface area contributed by atoms with E-state index in [1.807, 2.05) is 6.92 Å². The van der Waals surface area contributed by atoms with Crippen LogP contribution in [0.25, 0.3) is 0 Å². The van der Waals surface area contributed by atoms with E-state index < -0.39 is 9.84 Å². The van der Waals surface area contributed by atoms with Gasteiger partial charge < -0.3 is 16.4 Å². The molecule has 112 valence electrons. The molecule has 0 aliphatic heterocycles. The molecule has 0 saturated heterocycles. The molecule has 9 heteroatoms. The van der Waals surface area contributed by atoms with Gasteiger partial charge in [0.15, 0.2) is 15.7 Å². The highest BCUT2D eigenvalue weighted by molar-refractivity contribution is 7.92. The molecule has 0 aromatic carbocycles. The maximum Gasteiger partial charge on any atom is 0.239 e. The fourth-order valence-electron chi connectivity index (χ4n) is 1.71. The van der Waals surface area contributed by atoms with Gasteiger partial charge >= 0.3 is 0 Å². The van der Waals surface area contributed by atoms with E-state index in [0.29, 0.717) is 24.4 Å². The lowest BCUT2D eigenvalue weighted by Gasteiger charge is -2.08. The van der Waals surface area contributed by atoms with Crippen LogP contribution in [0.2, 0.25) is 0 Å². The number of amides is 1. The van der Waals surface area contributed by atoms with E-state index in [-0.39, 0.29) is 28.4 Å². The summed E-state index contributed by atoms with van der Waals surface area (Å²) in [6, 6.07) is 0. The Hall–Kier alpha value is -1.35. The molecule has 4 N–H and O–H groups in total. The summed E-state index contributed by atoms with van der Waals surface area (Å²) in [5, 5.41) is 5.52. The fourth-order valence-corrected chi connectivity index (χ4v) is 4.59. The average molecular weight is 318 g/mol. The second-order valence-corrected chi connectivity index (χ2v) is 7.61. The first-order valence-corrected chi connectivity index (χ1v) is 8.78. The number of nitrogens with zero attached hydrogens (tertiary/aromatic N) is 1. The fraction of sp³-hybridized carbons (Fsp3) is 0.636. The quantitative estimate of drug-likeness (QED) is 0.678. The van der Waals surface area contributed by atoms with Crippen molar-refractivity contribution >= 4 is 38.1 Å². The van der Waals surface area contributed by atoms with Gasteiger partial charge in [-0.05, 0) is 30.8 Å². The summed E-state index contributed by atoms with van der Waals surface area (Å²) in [6.45, 7) is 2.56. The van der Waals surface area contributed by atoms with Gasteiger partial charge in [-0.3, -0.25) is 4.79 Å². The number of anilines is 2. The second kappa shape index (κ2) is 5.96. The summed E-state index contributed by atoms with van der Waals surface area (Å²) in [5.41, 5.74) is 5.66. The van der Waals surface area contributed by atoms with Crippen LogP contribution in [0.1, 0.15) is 26.2 Å². The Bertz CT molecular complexity index is 593. The lowest BCUT2D eigenvalue weighted by molar-refractivity contribution is -0.119. The van der Waals surface area contributed by atoms with Gasteiger partial charge in [0.2, 0.25) is 5.91 Å². The van der Waals surface area contributed by atoms with Gasteiger partial charge in [-0.25, -0.2) is 8.42 Å². The Labute approximate surface area is 122 Å². The van der Waals surface area contributed by atoms with E-state index in [0.717, 1.165) is 18.0 Å². The van der Waals surface area contributed by atoms with Crippen LogP contribution in [0.15, 0.2) is 4.90 Å². The van der Waals surface area contributed by atoms with Gasteiger partial charge in [-0.1, -0.05) is 6.92 Å². The van der Waals surface area contributed by atoms with Crippen LogP contribution in [-0.4, -0.2) is 37.0 Å². The third-order valence-corrected chi connectivity index (χ3v) is 6.18. The number of carbonyl (C=O) groups excluding carboxylic acids is 1. The zero-order valence-corrected chi connectivity index (χ0v) is 12.8. The molecule has 2 rings (SSSR count). The summed E-state index contributed by atoms with van der Waals surface area (Å²) >= 11 is 0.969. The smallest absolute Gasteiger partial charge is 0.239 e. The number of sulfone groups is 1. The number of hydrogen-bond donors (Lipinski definition) is 3. The summed E-state index contributed by atoms with van der Waals surface area (Å²) in [6.07, 6.45) is 2.17. The lowest BCUT2D eigenvalue weighted by Crippen LogP contribution is -2.30. The molecule has 1 heterocycles. The molecule has 0 bridgehead atoms. The summed E-state index contributed by atoms with van der Waals surface area (Å²) in [4.78, 5) is 11.6. The van der Waals surface area contributed by atoms with Gasteiger partial charge in [0, 0.05) is 6.54 Å². The van der Waals surface area contributed by atoms with E-state index in [4.69, 9.17) is 5.73 Å². The molecule has 0 atom stereocenters. The number of rotatable bonds is 7. The molecule has 1 amide bonds. The number of aromatic nitrogens is 1. The van der Waals surface area contributed by atoms with E-state index in [9.17, 15) is 13.2 Å². The number of hydrogen-bond acceptors (Lipinski definition) is 7. The van der Waals surface area contributed by atoms with Crippen molar-refractivity contribution in [1.29, 1.82) is 0 Å². The second-order valence-electron chi connectivity index (χ2n) is 4.67. The van der Waals surface area contributed by atoms with Crippen LogP contribution in [-0.2, 0) is 14.6 Å². The van der Waals surface area contributed by atoms with Gasteiger partial charge in [-0.2, -0.15) is 4.37 Å². The first-order chi connectivity index (χ1) is 9.46. The number of nitrogens with one attached hydrogen (secondary N) is 2. The Kier molecular flexibility index (Phi) is 4.48. The average Bonchev–Trinajstić information content (AvgIpc) is 3.18. The SMILES string of the molecule is CCCNC(=O)CNc1snc(N)c1S(=O)(=O)C1CC1. The van der Waals surface area contributed by atoms with E-state index in [2.05, 4.69) is 15.0 Å². The minimum absolute atomic E-state index is 0.00875. The van der Waals surface area contributed by atoms with Crippen molar-refractivity contribution in [3.8, 4) is 0 Å². The van der Waals surface area contributed by atoms with Gasteiger partial charge in [0.05, 0.1) is 11.8 Å². The highest BCUT2D eigenvalue weighted by atomic mass is 32.2. The predicted octanol–water partition coefficient (Wildman–Crippen LogP) is 0.600. The van der Waals surface area contributed by atoms with Gasteiger partial charge in [0.25, 0.3) is 0 Å². The maximum absolute atomic E-state index is 12.3. The van der Waals surface area contributed by atoms with Crippen LogP contribution in [0, 0.1) is 0 Å². The van der Waals surface area contributed by atoms with Crippen molar-refractivity contribution in [2.75, 3.05) is 24.1 Å². The minimum Gasteiger partial charge on any atom is -0.382 e. The molecule has 0 spiro atoms. The Morgan fingerprint density at radius 3 is 2.80 bits per heavy atom. The predicted molar refractivity (Wildman–Crippen MR) is 78.5 cm³/mol. The van der Waals surface area contributed by atoms with Crippen LogP contribution >= 0.6 is 11.5 Å². The third-order valence-electron chi connectivity index (χ3n) is 2.90. The maximum atomic E-state index is 12.3. The zero-order valence-electron chi connectivity index (χ0n) is 11.2. The van der Waals surface area contributed by atoms with E-state index >= 15 is 0 Å². The lowest BCUT2D eigenvalue weighted by atomic mass is 10.4. The monoisotopic (exact) mass is 318 g/mol. The largest absolute Gasteiger partial charge is 0.382 e. The zero-order chi connectivity index (χ0) is 14.8. The van der Waals surface area contributed by atoms with Crippen LogP contribution in [0.3, 0.4) is 0 Å². The van der Waals surface area contributed by atoms with Crippen LogP contribution in [0.5, 0.6) is 0 Å². The Balaban J connectivity index is 2.08. The standard InChI is InChI=1S/C11H18N4O3S2/c1-2-5-13-8(16)6-14-11-9(10(12)15-19-11)20(17,18)7-3-4-7/h7,14H,2-6H2,1H3,(H2,12,15)(H,13,16). The molecule has 1 fully saturated rings.